The fraction of sp³-hybridized carbons (Fsp3) is 0.750. The first-order valence-electron chi connectivity index (χ1n) is 12.1. The number of hydrogen-bond donors (Lipinski definition) is 0. The molecule has 0 bridgehead atoms. The van der Waals surface area contributed by atoms with Crippen LogP contribution in [0.5, 0.6) is 0 Å². The lowest BCUT2D eigenvalue weighted by Gasteiger charge is -2.21. The van der Waals surface area contributed by atoms with Crippen LogP contribution in [0, 0.1) is 34.0 Å². The van der Waals surface area contributed by atoms with Crippen molar-refractivity contribution in [2.45, 2.75) is 116 Å². The molecule has 0 fully saturated rings. The van der Waals surface area contributed by atoms with E-state index in [1.165, 1.54) is 0 Å². The van der Waals surface area contributed by atoms with E-state index in [1.807, 2.05) is 39.0 Å². The Morgan fingerprint density at radius 1 is 0.545 bits per heavy atom. The average molecular weight is 457 g/mol. The highest BCUT2D eigenvalue weighted by molar-refractivity contribution is 5.01. The van der Waals surface area contributed by atoms with E-state index >= 15 is 0 Å². The molecule has 1 aromatic rings. The molecule has 9 nitrogen and oxygen atoms in total. The van der Waals surface area contributed by atoms with Crippen molar-refractivity contribution in [1.29, 1.82) is 15.8 Å². The van der Waals surface area contributed by atoms with Gasteiger partial charge < -0.3 is 0 Å². The predicted molar refractivity (Wildman–Crippen MR) is 126 cm³/mol. The zero-order valence-electron chi connectivity index (χ0n) is 20.1. The van der Waals surface area contributed by atoms with Gasteiger partial charge >= 0.3 is 17.1 Å². The quantitative estimate of drug-likeness (QED) is 0.364. The Morgan fingerprint density at radius 3 is 0.970 bits per heavy atom. The van der Waals surface area contributed by atoms with Gasteiger partial charge in [0.2, 0.25) is 0 Å². The van der Waals surface area contributed by atoms with E-state index in [0.717, 1.165) is 52.2 Å². The van der Waals surface area contributed by atoms with Gasteiger partial charge in [0.1, 0.15) is 18.1 Å². The average Bonchev–Trinajstić information content (AvgIpc) is 2.81. The Balaban J connectivity index is 3.77. The Bertz CT molecular complexity index is 883. The van der Waals surface area contributed by atoms with Crippen LogP contribution in [0.15, 0.2) is 14.4 Å². The molecule has 0 N–H and O–H groups in total. The van der Waals surface area contributed by atoms with Crippen molar-refractivity contribution < 1.29 is 0 Å². The Labute approximate surface area is 195 Å². The molecule has 0 aliphatic heterocycles. The third-order valence-electron chi connectivity index (χ3n) is 5.86. The van der Waals surface area contributed by atoms with Crippen LogP contribution in [0.1, 0.15) is 116 Å². The first-order chi connectivity index (χ1) is 15.9. The van der Waals surface area contributed by atoms with E-state index in [4.69, 9.17) is 0 Å². The fourth-order valence-electron chi connectivity index (χ4n) is 3.91. The largest absolute Gasteiger partial charge is 0.338 e. The summed E-state index contributed by atoms with van der Waals surface area (Å²) in [7, 11) is 0. The topological polar surface area (TPSA) is 137 Å². The molecule has 180 valence electrons. The molecule has 9 heteroatoms. The van der Waals surface area contributed by atoms with Gasteiger partial charge in [0.25, 0.3) is 0 Å². The fourth-order valence-corrected chi connectivity index (χ4v) is 3.91. The summed E-state index contributed by atoms with van der Waals surface area (Å²) >= 11 is 0. The highest BCUT2D eigenvalue weighted by atomic mass is 16.2. The maximum atomic E-state index is 13.3. The van der Waals surface area contributed by atoms with E-state index in [2.05, 4.69) is 0 Å². The van der Waals surface area contributed by atoms with Crippen molar-refractivity contribution in [1.82, 2.24) is 13.7 Å². The van der Waals surface area contributed by atoms with Gasteiger partial charge in [0, 0.05) is 0 Å². The number of nitrogens with zero attached hydrogens (tertiary/aromatic N) is 6. The van der Waals surface area contributed by atoms with Crippen LogP contribution >= 0.6 is 0 Å². The molecule has 0 amide bonds. The Hall–Kier alpha value is -3.12. The molecule has 0 aromatic carbocycles. The van der Waals surface area contributed by atoms with E-state index in [0.29, 0.717) is 19.3 Å². The van der Waals surface area contributed by atoms with Crippen LogP contribution in [0.4, 0.5) is 0 Å². The summed E-state index contributed by atoms with van der Waals surface area (Å²) in [6.07, 6.45) is 7.93. The third kappa shape index (κ3) is 7.19. The van der Waals surface area contributed by atoms with Gasteiger partial charge in [-0.05, 0) is 19.3 Å². The van der Waals surface area contributed by atoms with Crippen LogP contribution in [0.3, 0.4) is 0 Å². The minimum atomic E-state index is -1.07. The van der Waals surface area contributed by atoms with Gasteiger partial charge in [-0.2, -0.15) is 15.8 Å². The molecule has 0 radical (unpaired) electrons. The van der Waals surface area contributed by atoms with Crippen molar-refractivity contribution in [3.63, 3.8) is 0 Å². The first kappa shape index (κ1) is 27.9. The van der Waals surface area contributed by atoms with Gasteiger partial charge in [-0.3, -0.25) is 0 Å². The maximum Gasteiger partial charge on any atom is 0.338 e. The molecule has 3 unspecified atom stereocenters. The lowest BCUT2D eigenvalue weighted by molar-refractivity contribution is 0.364. The summed E-state index contributed by atoms with van der Waals surface area (Å²) < 4.78 is 2.35. The van der Waals surface area contributed by atoms with Gasteiger partial charge in [0.15, 0.2) is 0 Å². The van der Waals surface area contributed by atoms with E-state index in [-0.39, 0.29) is 19.3 Å². The van der Waals surface area contributed by atoms with Crippen LogP contribution < -0.4 is 17.1 Å². The van der Waals surface area contributed by atoms with Crippen molar-refractivity contribution in [3.8, 4) is 18.2 Å². The molecule has 0 spiro atoms. The summed E-state index contributed by atoms with van der Waals surface area (Å²) in [5, 5.41) is 29.2. The number of hydrogen-bond acceptors (Lipinski definition) is 6. The summed E-state index contributed by atoms with van der Waals surface area (Å²) in [6, 6.07) is 2.85. The predicted octanol–water partition coefficient (Wildman–Crippen LogP) is 4.11. The monoisotopic (exact) mass is 456 g/mol. The molecule has 0 saturated carbocycles. The van der Waals surface area contributed by atoms with Crippen molar-refractivity contribution >= 4 is 0 Å². The first-order valence-corrected chi connectivity index (χ1v) is 12.1. The minimum Gasteiger partial charge on any atom is -0.247 e. The zero-order valence-corrected chi connectivity index (χ0v) is 20.1. The summed E-state index contributed by atoms with van der Waals surface area (Å²) in [4.78, 5) is 40.0. The molecule has 1 rings (SSSR count). The molecule has 0 aliphatic rings. The second-order valence-electron chi connectivity index (χ2n) is 8.38. The molecule has 1 heterocycles. The van der Waals surface area contributed by atoms with Gasteiger partial charge in [-0.1, -0.05) is 78.6 Å². The molecule has 3 atom stereocenters. The third-order valence-corrected chi connectivity index (χ3v) is 5.86. The highest BCUT2D eigenvalue weighted by Crippen LogP contribution is 2.16. The SMILES string of the molecule is CCCCCC(C#N)n1c(=O)n(C(C#N)CCCCC)c(=O)n(C(C#N)CCCCC)c1=O. The smallest absolute Gasteiger partial charge is 0.247 e. The second kappa shape index (κ2) is 14.9. The van der Waals surface area contributed by atoms with E-state index in [9.17, 15) is 30.2 Å². The van der Waals surface area contributed by atoms with Crippen LogP contribution in [0.2, 0.25) is 0 Å². The number of aromatic nitrogens is 3. The van der Waals surface area contributed by atoms with Gasteiger partial charge in [0.05, 0.1) is 18.2 Å². The maximum absolute atomic E-state index is 13.3. The van der Waals surface area contributed by atoms with Gasteiger partial charge in [-0.15, -0.1) is 0 Å². The Kier molecular flexibility index (Phi) is 12.6. The van der Waals surface area contributed by atoms with Crippen LogP contribution in [-0.4, -0.2) is 13.7 Å². The lowest BCUT2D eigenvalue weighted by atomic mass is 10.1. The van der Waals surface area contributed by atoms with Crippen LogP contribution in [-0.2, 0) is 0 Å². The summed E-state index contributed by atoms with van der Waals surface area (Å²) in [5.41, 5.74) is -2.84. The number of nitriles is 3. The van der Waals surface area contributed by atoms with Gasteiger partial charge in [-0.25, -0.2) is 28.1 Å². The van der Waals surface area contributed by atoms with E-state index in [1.54, 1.807) is 0 Å². The van der Waals surface area contributed by atoms with Crippen LogP contribution in [0.25, 0.3) is 0 Å². The van der Waals surface area contributed by atoms with Crippen molar-refractivity contribution in [2.75, 3.05) is 0 Å². The normalized spacial score (nSPS) is 13.5. The molecular weight excluding hydrogens is 420 g/mol. The summed E-state index contributed by atoms with van der Waals surface area (Å²) in [5.74, 6) is 0. The Morgan fingerprint density at radius 2 is 0.788 bits per heavy atom. The molecule has 0 saturated heterocycles. The number of rotatable bonds is 15. The number of unbranched alkanes of at least 4 members (excludes halogenated alkanes) is 6. The minimum absolute atomic E-state index is 0.276. The second-order valence-corrected chi connectivity index (χ2v) is 8.38. The highest BCUT2D eigenvalue weighted by Gasteiger charge is 2.28. The lowest BCUT2D eigenvalue weighted by Crippen LogP contribution is -2.57. The zero-order chi connectivity index (χ0) is 24.8. The molecule has 0 aliphatic carbocycles. The van der Waals surface area contributed by atoms with E-state index < -0.39 is 35.2 Å². The molecular formula is C24H36N6O3. The van der Waals surface area contributed by atoms with Crippen molar-refractivity contribution in [2.24, 2.45) is 0 Å². The standard InChI is InChI=1S/C24H36N6O3/c1-4-7-10-13-19(16-25)28-22(31)29(20(17-26)14-11-8-5-2)24(33)30(23(28)32)21(18-27)15-12-9-6-3/h19-21H,4-15H2,1-3H3. The molecule has 33 heavy (non-hydrogen) atoms. The molecule has 1 aromatic heterocycles. The van der Waals surface area contributed by atoms with Crippen molar-refractivity contribution in [3.05, 3.63) is 31.5 Å². The summed E-state index contributed by atoms with van der Waals surface area (Å²) in [6.45, 7) is 6.01.